The highest BCUT2D eigenvalue weighted by atomic mass is 79.9. The highest BCUT2D eigenvalue weighted by Gasteiger charge is 2.29. The monoisotopic (exact) mass is 312 g/mol. The Balaban J connectivity index is 1.99. The first kappa shape index (κ1) is 13.5. The molecule has 1 saturated carbocycles. The van der Waals surface area contributed by atoms with Crippen molar-refractivity contribution in [3.8, 4) is 0 Å². The van der Waals surface area contributed by atoms with Gasteiger partial charge >= 0.3 is 5.97 Å². The van der Waals surface area contributed by atoms with Gasteiger partial charge in [0, 0.05) is 29.8 Å². The molecule has 18 heavy (non-hydrogen) atoms. The van der Waals surface area contributed by atoms with Crippen LogP contribution < -0.4 is 0 Å². The molecule has 0 bridgehead atoms. The lowest BCUT2D eigenvalue weighted by Gasteiger charge is -2.20. The van der Waals surface area contributed by atoms with Crippen LogP contribution in [0.5, 0.6) is 0 Å². The van der Waals surface area contributed by atoms with Crippen molar-refractivity contribution in [2.24, 2.45) is 0 Å². The third-order valence-corrected chi connectivity index (χ3v) is 3.97. The first-order valence-corrected chi connectivity index (χ1v) is 6.92. The van der Waals surface area contributed by atoms with Crippen molar-refractivity contribution in [3.63, 3.8) is 0 Å². The largest absolute Gasteiger partial charge is 0.481 e. The van der Waals surface area contributed by atoms with Gasteiger partial charge in [0.25, 0.3) is 0 Å². The van der Waals surface area contributed by atoms with Crippen LogP contribution in [0.15, 0.2) is 16.7 Å². The first-order chi connectivity index (χ1) is 8.56. The summed E-state index contributed by atoms with van der Waals surface area (Å²) in [5.41, 5.74) is 2.17. The summed E-state index contributed by atoms with van der Waals surface area (Å²) >= 11 is 3.43. The first-order valence-electron chi connectivity index (χ1n) is 6.13. The quantitative estimate of drug-likeness (QED) is 0.877. The summed E-state index contributed by atoms with van der Waals surface area (Å²) in [4.78, 5) is 17.3. The summed E-state index contributed by atoms with van der Waals surface area (Å²) in [5, 5.41) is 8.76. The van der Waals surface area contributed by atoms with Gasteiger partial charge < -0.3 is 5.11 Å². The van der Waals surface area contributed by atoms with Gasteiger partial charge in [-0.2, -0.15) is 0 Å². The second-order valence-corrected chi connectivity index (χ2v) is 5.62. The molecule has 1 heterocycles. The molecule has 0 saturated heterocycles. The van der Waals surface area contributed by atoms with Gasteiger partial charge in [-0.15, -0.1) is 0 Å². The van der Waals surface area contributed by atoms with E-state index in [0.29, 0.717) is 12.6 Å². The van der Waals surface area contributed by atoms with E-state index in [4.69, 9.17) is 5.11 Å². The molecule has 1 fully saturated rings. The molecule has 0 amide bonds. The molecule has 0 aromatic carbocycles. The van der Waals surface area contributed by atoms with Crippen molar-refractivity contribution in [1.82, 2.24) is 9.88 Å². The molecule has 98 valence electrons. The van der Waals surface area contributed by atoms with E-state index in [-0.39, 0.29) is 6.42 Å². The average molecular weight is 313 g/mol. The van der Waals surface area contributed by atoms with E-state index in [1.165, 1.54) is 12.8 Å². The zero-order valence-electron chi connectivity index (χ0n) is 10.4. The number of pyridine rings is 1. The summed E-state index contributed by atoms with van der Waals surface area (Å²) in [6.45, 7) is 3.39. The number of hydrogen-bond donors (Lipinski definition) is 1. The minimum atomic E-state index is -0.736. The molecule has 5 heteroatoms. The topological polar surface area (TPSA) is 53.4 Å². The van der Waals surface area contributed by atoms with Crippen molar-refractivity contribution < 1.29 is 9.90 Å². The van der Waals surface area contributed by atoms with E-state index in [2.05, 4.69) is 31.9 Å². The molecule has 1 aromatic rings. The predicted octanol–water partition coefficient (Wildman–Crippen LogP) is 2.59. The number of carboxylic acids is 1. The van der Waals surface area contributed by atoms with Crippen molar-refractivity contribution in [1.29, 1.82) is 0 Å². The standard InChI is InChI=1S/C13H17BrN2O2/c1-9-6-10(15-7-12(9)14)8-16(11-2-3-11)5-4-13(17)18/h6-7,11H,2-5,8H2,1H3,(H,17,18). The number of hydrogen-bond acceptors (Lipinski definition) is 3. The van der Waals surface area contributed by atoms with Crippen molar-refractivity contribution in [2.75, 3.05) is 6.54 Å². The maximum atomic E-state index is 10.6. The number of aryl methyl sites for hydroxylation is 1. The van der Waals surface area contributed by atoms with E-state index in [1.807, 2.05) is 13.1 Å². The van der Waals surface area contributed by atoms with Crippen LogP contribution >= 0.6 is 15.9 Å². The lowest BCUT2D eigenvalue weighted by Crippen LogP contribution is -2.28. The molecule has 1 aliphatic carbocycles. The lowest BCUT2D eigenvalue weighted by molar-refractivity contribution is -0.137. The van der Waals surface area contributed by atoms with E-state index in [9.17, 15) is 4.79 Å². The van der Waals surface area contributed by atoms with Gasteiger partial charge in [-0.1, -0.05) is 0 Å². The molecule has 2 rings (SSSR count). The van der Waals surface area contributed by atoms with Gasteiger partial charge in [-0.25, -0.2) is 0 Å². The zero-order valence-corrected chi connectivity index (χ0v) is 12.0. The van der Waals surface area contributed by atoms with Gasteiger partial charge in [0.1, 0.15) is 0 Å². The van der Waals surface area contributed by atoms with E-state index in [0.717, 1.165) is 22.3 Å². The Bertz CT molecular complexity index is 447. The molecular formula is C13H17BrN2O2. The fraction of sp³-hybridized carbons (Fsp3) is 0.538. The Labute approximate surface area is 115 Å². The van der Waals surface area contributed by atoms with Crippen LogP contribution in [0.4, 0.5) is 0 Å². The van der Waals surface area contributed by atoms with Crippen molar-refractivity contribution >= 4 is 21.9 Å². The van der Waals surface area contributed by atoms with Crippen LogP contribution in [-0.4, -0.2) is 33.5 Å². The Morgan fingerprint density at radius 3 is 2.89 bits per heavy atom. The maximum Gasteiger partial charge on any atom is 0.304 e. The molecule has 0 radical (unpaired) electrons. The second-order valence-electron chi connectivity index (χ2n) is 4.77. The van der Waals surface area contributed by atoms with Crippen molar-refractivity contribution in [2.45, 2.75) is 38.8 Å². The summed E-state index contributed by atoms with van der Waals surface area (Å²) < 4.78 is 1.01. The second kappa shape index (κ2) is 5.80. The Hall–Kier alpha value is -0.940. The van der Waals surface area contributed by atoms with Crippen LogP contribution in [0.3, 0.4) is 0 Å². The number of rotatable bonds is 6. The van der Waals surface area contributed by atoms with Crippen LogP contribution in [0, 0.1) is 6.92 Å². The Morgan fingerprint density at radius 2 is 2.33 bits per heavy atom. The highest BCUT2D eigenvalue weighted by molar-refractivity contribution is 9.10. The van der Waals surface area contributed by atoms with Gasteiger partial charge in [-0.05, 0) is 47.3 Å². The summed E-state index contributed by atoms with van der Waals surface area (Å²) in [6, 6.07) is 2.61. The Kier molecular flexibility index (Phi) is 4.35. The molecule has 4 nitrogen and oxygen atoms in total. The van der Waals surface area contributed by atoms with Gasteiger partial charge in [0.15, 0.2) is 0 Å². The lowest BCUT2D eigenvalue weighted by atomic mass is 10.2. The van der Waals surface area contributed by atoms with E-state index < -0.39 is 5.97 Å². The summed E-state index contributed by atoms with van der Waals surface area (Å²) in [7, 11) is 0. The fourth-order valence-electron chi connectivity index (χ4n) is 1.96. The number of nitrogens with zero attached hydrogens (tertiary/aromatic N) is 2. The van der Waals surface area contributed by atoms with E-state index in [1.54, 1.807) is 0 Å². The number of aliphatic carboxylic acids is 1. The maximum absolute atomic E-state index is 10.6. The van der Waals surface area contributed by atoms with Crippen LogP contribution in [0.1, 0.15) is 30.5 Å². The van der Waals surface area contributed by atoms with Crippen LogP contribution in [0.2, 0.25) is 0 Å². The van der Waals surface area contributed by atoms with E-state index >= 15 is 0 Å². The van der Waals surface area contributed by atoms with Gasteiger partial charge in [0.2, 0.25) is 0 Å². The summed E-state index contributed by atoms with van der Waals surface area (Å²) in [6.07, 6.45) is 4.36. The number of halogens is 1. The van der Waals surface area contributed by atoms with Crippen LogP contribution in [-0.2, 0) is 11.3 Å². The molecular weight excluding hydrogens is 296 g/mol. The number of aromatic nitrogens is 1. The SMILES string of the molecule is Cc1cc(CN(CCC(=O)O)C2CC2)ncc1Br. The predicted molar refractivity (Wildman–Crippen MR) is 72.4 cm³/mol. The van der Waals surface area contributed by atoms with Gasteiger partial charge in [-0.3, -0.25) is 14.7 Å². The minimum absolute atomic E-state index is 0.200. The number of carboxylic acid groups (broad SMARTS) is 1. The average Bonchev–Trinajstić information content (AvgIpc) is 3.13. The molecule has 0 atom stereocenters. The number of carbonyl (C=O) groups is 1. The minimum Gasteiger partial charge on any atom is -0.481 e. The highest BCUT2D eigenvalue weighted by Crippen LogP contribution is 2.28. The van der Waals surface area contributed by atoms with Crippen LogP contribution in [0.25, 0.3) is 0 Å². The molecule has 1 aliphatic rings. The zero-order chi connectivity index (χ0) is 13.1. The molecule has 1 aromatic heterocycles. The fourth-order valence-corrected chi connectivity index (χ4v) is 2.18. The van der Waals surface area contributed by atoms with Crippen molar-refractivity contribution in [3.05, 3.63) is 28.0 Å². The Morgan fingerprint density at radius 1 is 1.61 bits per heavy atom. The normalized spacial score (nSPS) is 15.1. The third-order valence-electron chi connectivity index (χ3n) is 3.14. The van der Waals surface area contributed by atoms with Gasteiger partial charge in [0.05, 0.1) is 12.1 Å². The molecule has 0 spiro atoms. The molecule has 1 N–H and O–H groups in total. The molecule has 0 unspecified atom stereocenters. The summed E-state index contributed by atoms with van der Waals surface area (Å²) in [5.74, 6) is -0.736. The third kappa shape index (κ3) is 3.78. The smallest absolute Gasteiger partial charge is 0.304 e. The molecule has 0 aliphatic heterocycles.